The van der Waals surface area contributed by atoms with Crippen molar-refractivity contribution in [2.24, 2.45) is 0 Å². The highest BCUT2D eigenvalue weighted by atomic mass is 35.5. The predicted octanol–water partition coefficient (Wildman–Crippen LogP) is 4.19. The Balaban J connectivity index is 2.26. The monoisotopic (exact) mass is 293 g/mol. The minimum Gasteiger partial charge on any atom is -0.355 e. The van der Waals surface area contributed by atoms with Gasteiger partial charge in [-0.3, -0.25) is 9.59 Å². The first-order chi connectivity index (χ1) is 9.08. The quantitative estimate of drug-likeness (QED) is 0.860. The molecule has 0 spiro atoms. The van der Waals surface area contributed by atoms with Gasteiger partial charge in [0.25, 0.3) is 10.5 Å². The number of carbonyl (C=O) groups excluding carboxylic acids is 2. The van der Waals surface area contributed by atoms with Crippen molar-refractivity contribution in [3.05, 3.63) is 59.7 Å². The summed E-state index contributed by atoms with van der Waals surface area (Å²) in [4.78, 5) is 22.2. The van der Waals surface area contributed by atoms with Gasteiger partial charge < -0.3 is 5.32 Å². The molecular formula is C14H9Cl2NO2. The summed E-state index contributed by atoms with van der Waals surface area (Å²) in [6.45, 7) is 0. The lowest BCUT2D eigenvalue weighted by Crippen LogP contribution is -1.98. The van der Waals surface area contributed by atoms with Gasteiger partial charge >= 0.3 is 0 Å². The Kier molecular flexibility index (Phi) is 4.20. The molecule has 0 saturated carbocycles. The van der Waals surface area contributed by atoms with Crippen molar-refractivity contribution in [3.8, 4) is 0 Å². The van der Waals surface area contributed by atoms with Gasteiger partial charge in [0.2, 0.25) is 0 Å². The summed E-state index contributed by atoms with van der Waals surface area (Å²) in [5.74, 6) is 0. The van der Waals surface area contributed by atoms with Gasteiger partial charge in [-0.2, -0.15) is 0 Å². The van der Waals surface area contributed by atoms with E-state index in [4.69, 9.17) is 23.2 Å². The van der Waals surface area contributed by atoms with Crippen molar-refractivity contribution >= 4 is 45.1 Å². The van der Waals surface area contributed by atoms with Crippen LogP contribution in [-0.4, -0.2) is 10.5 Å². The fourth-order valence-electron chi connectivity index (χ4n) is 1.60. The number of anilines is 2. The van der Waals surface area contributed by atoms with E-state index < -0.39 is 10.5 Å². The van der Waals surface area contributed by atoms with Gasteiger partial charge in [-0.15, -0.1) is 0 Å². The number of carbonyl (C=O) groups is 2. The summed E-state index contributed by atoms with van der Waals surface area (Å²) in [5, 5.41) is 2.02. The molecule has 2 aromatic carbocycles. The highest BCUT2D eigenvalue weighted by Crippen LogP contribution is 2.22. The third-order valence-corrected chi connectivity index (χ3v) is 2.95. The van der Waals surface area contributed by atoms with E-state index in [0.717, 1.165) is 5.69 Å². The van der Waals surface area contributed by atoms with Crippen LogP contribution in [0, 0.1) is 0 Å². The zero-order valence-corrected chi connectivity index (χ0v) is 11.2. The molecule has 3 nitrogen and oxygen atoms in total. The Labute approximate surface area is 120 Å². The van der Waals surface area contributed by atoms with E-state index in [0.29, 0.717) is 16.8 Å². The number of halogens is 2. The van der Waals surface area contributed by atoms with Gasteiger partial charge in [-0.25, -0.2) is 0 Å². The van der Waals surface area contributed by atoms with E-state index in [2.05, 4.69) is 5.32 Å². The smallest absolute Gasteiger partial charge is 0.254 e. The molecule has 1 N–H and O–H groups in total. The van der Waals surface area contributed by atoms with E-state index in [1.54, 1.807) is 48.5 Å². The summed E-state index contributed by atoms with van der Waals surface area (Å²) in [6.07, 6.45) is 0. The fourth-order valence-corrected chi connectivity index (χ4v) is 1.89. The lowest BCUT2D eigenvalue weighted by Gasteiger charge is -2.09. The predicted molar refractivity (Wildman–Crippen MR) is 76.5 cm³/mol. The number of para-hydroxylation sites is 1. The number of benzene rings is 2. The first kappa shape index (κ1) is 13.6. The molecule has 2 rings (SSSR count). The molecule has 0 atom stereocenters. The number of nitrogens with one attached hydrogen (secondary N) is 1. The average molecular weight is 294 g/mol. The van der Waals surface area contributed by atoms with E-state index >= 15 is 0 Å². The lowest BCUT2D eigenvalue weighted by atomic mass is 10.1. The summed E-state index contributed by atoms with van der Waals surface area (Å²) >= 11 is 10.9. The van der Waals surface area contributed by atoms with Crippen LogP contribution < -0.4 is 5.32 Å². The van der Waals surface area contributed by atoms with E-state index in [-0.39, 0.29) is 0 Å². The second kappa shape index (κ2) is 5.87. The molecule has 0 aromatic heterocycles. The molecule has 0 aliphatic heterocycles. The Morgan fingerprint density at radius 3 is 2.05 bits per heavy atom. The molecule has 0 aliphatic rings. The van der Waals surface area contributed by atoms with Crippen LogP contribution in [0.25, 0.3) is 0 Å². The second-order valence-electron chi connectivity index (χ2n) is 3.80. The molecule has 0 amide bonds. The Bertz CT molecular complexity index is 624. The van der Waals surface area contributed by atoms with Gasteiger partial charge in [-0.1, -0.05) is 12.1 Å². The van der Waals surface area contributed by atoms with Crippen molar-refractivity contribution in [3.63, 3.8) is 0 Å². The fraction of sp³-hybridized carbons (Fsp3) is 0. The van der Waals surface area contributed by atoms with E-state index in [9.17, 15) is 9.59 Å². The summed E-state index contributed by atoms with van der Waals surface area (Å²) < 4.78 is 0. The largest absolute Gasteiger partial charge is 0.355 e. The maximum absolute atomic E-state index is 11.3. The van der Waals surface area contributed by atoms with Gasteiger partial charge in [0.15, 0.2) is 0 Å². The Morgan fingerprint density at radius 2 is 1.47 bits per heavy atom. The Morgan fingerprint density at radius 1 is 0.842 bits per heavy atom. The maximum atomic E-state index is 11.3. The average Bonchev–Trinajstić information content (AvgIpc) is 2.39. The molecular weight excluding hydrogens is 285 g/mol. The molecule has 0 fully saturated rings. The zero-order chi connectivity index (χ0) is 13.8. The first-order valence-corrected chi connectivity index (χ1v) is 6.19. The molecule has 5 heteroatoms. The topological polar surface area (TPSA) is 46.2 Å². The molecule has 0 bridgehead atoms. The molecule has 0 heterocycles. The van der Waals surface area contributed by atoms with Gasteiger partial charge in [0.05, 0.1) is 11.3 Å². The number of rotatable bonds is 4. The molecule has 0 aliphatic carbocycles. The van der Waals surface area contributed by atoms with Gasteiger partial charge in [-0.05, 0) is 59.6 Å². The van der Waals surface area contributed by atoms with E-state index in [1.807, 2.05) is 0 Å². The van der Waals surface area contributed by atoms with Crippen LogP contribution in [0.5, 0.6) is 0 Å². The highest BCUT2D eigenvalue weighted by molar-refractivity contribution is 6.68. The van der Waals surface area contributed by atoms with Crippen molar-refractivity contribution in [1.29, 1.82) is 0 Å². The van der Waals surface area contributed by atoms with Crippen molar-refractivity contribution in [2.75, 3.05) is 5.32 Å². The number of hydrogen-bond acceptors (Lipinski definition) is 3. The van der Waals surface area contributed by atoms with Gasteiger partial charge in [0, 0.05) is 11.3 Å². The highest BCUT2D eigenvalue weighted by Gasteiger charge is 2.08. The van der Waals surface area contributed by atoms with Crippen LogP contribution in [0.1, 0.15) is 20.7 Å². The van der Waals surface area contributed by atoms with Crippen molar-refractivity contribution < 1.29 is 9.59 Å². The molecule has 2 aromatic rings. The van der Waals surface area contributed by atoms with Crippen LogP contribution in [0.2, 0.25) is 0 Å². The lowest BCUT2D eigenvalue weighted by molar-refractivity contribution is 0.107. The van der Waals surface area contributed by atoms with Crippen LogP contribution in [0.3, 0.4) is 0 Å². The van der Waals surface area contributed by atoms with E-state index in [1.165, 1.54) is 0 Å². The van der Waals surface area contributed by atoms with Crippen molar-refractivity contribution in [2.45, 2.75) is 0 Å². The Hall–Kier alpha value is -1.84. The minimum absolute atomic E-state index is 0.390. The number of hydrogen-bond donors (Lipinski definition) is 1. The normalized spacial score (nSPS) is 10.0. The first-order valence-electron chi connectivity index (χ1n) is 5.43. The molecule has 19 heavy (non-hydrogen) atoms. The zero-order valence-electron chi connectivity index (χ0n) is 9.69. The van der Waals surface area contributed by atoms with Crippen LogP contribution in [0.4, 0.5) is 11.4 Å². The molecule has 0 unspecified atom stereocenters. The third-order valence-electron chi connectivity index (χ3n) is 2.53. The summed E-state index contributed by atoms with van der Waals surface area (Å²) in [5.41, 5.74) is 2.13. The summed E-state index contributed by atoms with van der Waals surface area (Å²) in [7, 11) is 0. The van der Waals surface area contributed by atoms with Gasteiger partial charge in [0.1, 0.15) is 0 Å². The van der Waals surface area contributed by atoms with Crippen LogP contribution in [0.15, 0.2) is 48.5 Å². The third kappa shape index (κ3) is 3.34. The molecule has 96 valence electrons. The van der Waals surface area contributed by atoms with Crippen molar-refractivity contribution in [1.82, 2.24) is 0 Å². The summed E-state index contributed by atoms with van der Waals surface area (Å²) in [6, 6.07) is 13.5. The molecule has 0 saturated heterocycles. The maximum Gasteiger partial charge on any atom is 0.254 e. The molecule has 0 radical (unpaired) electrons. The van der Waals surface area contributed by atoms with Crippen LogP contribution in [-0.2, 0) is 0 Å². The van der Waals surface area contributed by atoms with Crippen LogP contribution >= 0.6 is 23.2 Å². The second-order valence-corrected chi connectivity index (χ2v) is 4.48. The SMILES string of the molecule is O=C(Cl)c1ccc(Nc2ccccc2C(=O)Cl)cc1. The standard InChI is InChI=1S/C14H9Cl2NO2/c15-13(18)9-5-7-10(8-6-9)17-12-4-2-1-3-11(12)14(16)19/h1-8,17H. The minimum atomic E-state index is -0.532.